The number of halogens is 1. The van der Waals surface area contributed by atoms with Crippen LogP contribution in [-0.4, -0.2) is 75.7 Å². The fourth-order valence-electron chi connectivity index (χ4n) is 3.49. The van der Waals surface area contributed by atoms with Gasteiger partial charge in [0.1, 0.15) is 0 Å². The second kappa shape index (κ2) is 14.7. The summed E-state index contributed by atoms with van der Waals surface area (Å²) in [6.07, 6.45) is 6.56. The molecule has 1 aliphatic heterocycles. The van der Waals surface area contributed by atoms with Crippen LogP contribution in [0.1, 0.15) is 25.7 Å². The van der Waals surface area contributed by atoms with Gasteiger partial charge in [0.15, 0.2) is 5.96 Å². The molecule has 0 unspecified atom stereocenters. The summed E-state index contributed by atoms with van der Waals surface area (Å²) in [5.74, 6) is 0.996. The Morgan fingerprint density at radius 1 is 1.14 bits per heavy atom. The molecule has 0 bridgehead atoms. The van der Waals surface area contributed by atoms with Crippen molar-refractivity contribution in [3.63, 3.8) is 0 Å². The van der Waals surface area contributed by atoms with Crippen molar-refractivity contribution in [1.82, 2.24) is 15.1 Å². The average molecular weight is 499 g/mol. The van der Waals surface area contributed by atoms with Crippen molar-refractivity contribution in [2.24, 2.45) is 4.99 Å². The van der Waals surface area contributed by atoms with E-state index in [1.807, 2.05) is 13.1 Å². The quantitative estimate of drug-likeness (QED) is 0.175. The van der Waals surface area contributed by atoms with Crippen LogP contribution in [0.15, 0.2) is 48.0 Å². The van der Waals surface area contributed by atoms with Gasteiger partial charge in [-0.05, 0) is 44.4 Å². The molecule has 0 saturated carbocycles. The van der Waals surface area contributed by atoms with Crippen LogP contribution in [0.25, 0.3) is 0 Å². The summed E-state index contributed by atoms with van der Waals surface area (Å²) in [4.78, 5) is 11.7. The fourth-order valence-corrected chi connectivity index (χ4v) is 3.49. The predicted molar refractivity (Wildman–Crippen MR) is 133 cm³/mol. The first-order chi connectivity index (χ1) is 13.2. The number of piperazine rings is 1. The second-order valence-corrected chi connectivity index (χ2v) is 7.20. The molecule has 1 saturated heterocycles. The van der Waals surface area contributed by atoms with Crippen molar-refractivity contribution >= 4 is 35.6 Å². The van der Waals surface area contributed by atoms with Crippen LogP contribution in [0, 0.1) is 0 Å². The number of aliphatic imine (C=N–C) groups is 1. The van der Waals surface area contributed by atoms with Gasteiger partial charge in [-0.2, -0.15) is 0 Å². The minimum absolute atomic E-state index is 0. The number of hydrogen-bond acceptors (Lipinski definition) is 3. The van der Waals surface area contributed by atoms with E-state index in [0.29, 0.717) is 0 Å². The predicted octanol–water partition coefficient (Wildman–Crippen LogP) is 3.68. The molecule has 2 rings (SSSR count). The summed E-state index contributed by atoms with van der Waals surface area (Å²) in [7, 11) is 3.96. The van der Waals surface area contributed by atoms with Crippen LogP contribution in [0.4, 0.5) is 5.69 Å². The molecule has 158 valence electrons. The van der Waals surface area contributed by atoms with Crippen LogP contribution < -0.4 is 10.2 Å². The number of hydrogen-bond donors (Lipinski definition) is 1. The molecule has 5 nitrogen and oxygen atoms in total. The zero-order valence-corrected chi connectivity index (χ0v) is 20.0. The molecular formula is C22H38IN5. The van der Waals surface area contributed by atoms with Gasteiger partial charge in [0, 0.05) is 59.1 Å². The van der Waals surface area contributed by atoms with Crippen molar-refractivity contribution in [3.05, 3.63) is 43.0 Å². The topological polar surface area (TPSA) is 34.1 Å². The van der Waals surface area contributed by atoms with Gasteiger partial charge in [-0.25, -0.2) is 0 Å². The van der Waals surface area contributed by atoms with Crippen molar-refractivity contribution in [1.29, 1.82) is 0 Å². The van der Waals surface area contributed by atoms with E-state index in [2.05, 4.69) is 69.0 Å². The van der Waals surface area contributed by atoms with Gasteiger partial charge in [0.25, 0.3) is 0 Å². The Morgan fingerprint density at radius 3 is 2.50 bits per heavy atom. The monoisotopic (exact) mass is 499 g/mol. The molecule has 1 N–H and O–H groups in total. The minimum atomic E-state index is 0. The molecule has 0 radical (unpaired) electrons. The van der Waals surface area contributed by atoms with E-state index in [0.717, 1.165) is 58.1 Å². The Kier molecular flexibility index (Phi) is 13.0. The molecule has 0 aliphatic carbocycles. The normalized spacial score (nSPS) is 15.1. The van der Waals surface area contributed by atoms with E-state index >= 15 is 0 Å². The molecule has 0 spiro atoms. The largest absolute Gasteiger partial charge is 0.369 e. The van der Waals surface area contributed by atoms with Crippen LogP contribution >= 0.6 is 24.0 Å². The molecule has 6 heteroatoms. The Morgan fingerprint density at radius 2 is 1.86 bits per heavy atom. The molecule has 1 aliphatic rings. The lowest BCUT2D eigenvalue weighted by atomic mass is 10.2. The fraction of sp³-hybridized carbons (Fsp3) is 0.591. The standard InChI is InChI=1S/C22H37N5.HI/c1-4-5-10-15-25(3)22(23-2)24-14-9-11-16-26-17-19-27(20-18-26)21-12-7-6-8-13-21;/h4,6-8,12-13H,1,5,9-11,14-20H2,2-3H3,(H,23,24);1H. The molecule has 0 atom stereocenters. The van der Waals surface area contributed by atoms with Gasteiger partial charge in [0.2, 0.25) is 0 Å². The first-order valence-corrected chi connectivity index (χ1v) is 10.3. The van der Waals surface area contributed by atoms with Gasteiger partial charge in [-0.3, -0.25) is 9.89 Å². The van der Waals surface area contributed by atoms with E-state index in [1.54, 1.807) is 0 Å². The number of allylic oxidation sites excluding steroid dienone is 1. The Balaban J connectivity index is 0.00000392. The Bertz CT molecular complexity index is 555. The van der Waals surface area contributed by atoms with E-state index in [1.165, 1.54) is 25.1 Å². The van der Waals surface area contributed by atoms with Gasteiger partial charge < -0.3 is 15.1 Å². The van der Waals surface area contributed by atoms with Crippen molar-refractivity contribution in [3.8, 4) is 0 Å². The maximum Gasteiger partial charge on any atom is 0.193 e. The third kappa shape index (κ3) is 8.82. The molecule has 1 fully saturated rings. The number of benzene rings is 1. The number of nitrogens with zero attached hydrogens (tertiary/aromatic N) is 4. The zero-order valence-electron chi connectivity index (χ0n) is 17.6. The number of anilines is 1. The van der Waals surface area contributed by atoms with Crippen molar-refractivity contribution in [2.75, 3.05) is 64.8 Å². The lowest BCUT2D eigenvalue weighted by Gasteiger charge is -2.36. The molecule has 0 aromatic heterocycles. The number of nitrogens with one attached hydrogen (secondary N) is 1. The van der Waals surface area contributed by atoms with Crippen LogP contribution in [0.3, 0.4) is 0 Å². The maximum absolute atomic E-state index is 4.38. The number of guanidine groups is 1. The highest BCUT2D eigenvalue weighted by Gasteiger charge is 2.16. The second-order valence-electron chi connectivity index (χ2n) is 7.20. The highest BCUT2D eigenvalue weighted by molar-refractivity contribution is 14.0. The van der Waals surface area contributed by atoms with E-state index in [4.69, 9.17) is 0 Å². The summed E-state index contributed by atoms with van der Waals surface area (Å²) in [5, 5.41) is 3.49. The summed E-state index contributed by atoms with van der Waals surface area (Å²) >= 11 is 0. The van der Waals surface area contributed by atoms with Crippen molar-refractivity contribution < 1.29 is 0 Å². The van der Waals surface area contributed by atoms with Gasteiger partial charge in [-0.15, -0.1) is 30.6 Å². The van der Waals surface area contributed by atoms with Crippen LogP contribution in [0.5, 0.6) is 0 Å². The number of rotatable bonds is 10. The van der Waals surface area contributed by atoms with Crippen LogP contribution in [-0.2, 0) is 0 Å². The average Bonchev–Trinajstić information content (AvgIpc) is 2.72. The first kappa shape index (κ1) is 24.8. The maximum atomic E-state index is 4.38. The number of para-hydroxylation sites is 1. The SMILES string of the molecule is C=CCCCN(C)C(=NC)NCCCCN1CCN(c2ccccc2)CC1.I. The molecule has 28 heavy (non-hydrogen) atoms. The molecule has 1 heterocycles. The summed E-state index contributed by atoms with van der Waals surface area (Å²) in [5.41, 5.74) is 1.35. The third-order valence-corrected chi connectivity index (χ3v) is 5.15. The molecular weight excluding hydrogens is 461 g/mol. The molecule has 1 aromatic carbocycles. The molecule has 0 amide bonds. The van der Waals surface area contributed by atoms with Gasteiger partial charge in [-0.1, -0.05) is 24.3 Å². The van der Waals surface area contributed by atoms with E-state index in [-0.39, 0.29) is 24.0 Å². The number of unbranched alkanes of at least 4 members (excludes halogenated alkanes) is 2. The lowest BCUT2D eigenvalue weighted by molar-refractivity contribution is 0.253. The highest BCUT2D eigenvalue weighted by Crippen LogP contribution is 2.15. The van der Waals surface area contributed by atoms with Gasteiger partial charge in [0.05, 0.1) is 0 Å². The van der Waals surface area contributed by atoms with E-state index in [9.17, 15) is 0 Å². The summed E-state index contributed by atoms with van der Waals surface area (Å²) in [6.45, 7) is 11.6. The summed E-state index contributed by atoms with van der Waals surface area (Å²) in [6, 6.07) is 10.8. The van der Waals surface area contributed by atoms with Crippen LogP contribution in [0.2, 0.25) is 0 Å². The molecule has 1 aromatic rings. The summed E-state index contributed by atoms with van der Waals surface area (Å²) < 4.78 is 0. The van der Waals surface area contributed by atoms with Crippen molar-refractivity contribution in [2.45, 2.75) is 25.7 Å². The zero-order chi connectivity index (χ0) is 19.3. The van der Waals surface area contributed by atoms with E-state index < -0.39 is 0 Å². The minimum Gasteiger partial charge on any atom is -0.369 e. The highest BCUT2D eigenvalue weighted by atomic mass is 127. The Labute approximate surface area is 188 Å². The Hall–Kier alpha value is -1.28. The first-order valence-electron chi connectivity index (χ1n) is 10.3. The third-order valence-electron chi connectivity index (χ3n) is 5.15. The smallest absolute Gasteiger partial charge is 0.193 e. The lowest BCUT2D eigenvalue weighted by Crippen LogP contribution is -2.46. The van der Waals surface area contributed by atoms with Gasteiger partial charge >= 0.3 is 0 Å².